The van der Waals surface area contributed by atoms with Crippen LogP contribution in [0.2, 0.25) is 0 Å². The second kappa shape index (κ2) is 6.87. The number of hydrogen-bond acceptors (Lipinski definition) is 7. The van der Waals surface area contributed by atoms with Crippen molar-refractivity contribution < 1.29 is 9.18 Å². The van der Waals surface area contributed by atoms with E-state index < -0.39 is 11.8 Å². The number of aromatic nitrogens is 6. The molecule has 28 heavy (non-hydrogen) atoms. The highest BCUT2D eigenvalue weighted by molar-refractivity contribution is 5.98. The number of benzene rings is 1. The monoisotopic (exact) mass is 379 g/mol. The van der Waals surface area contributed by atoms with E-state index >= 15 is 0 Å². The maximum atomic E-state index is 13.7. The molecule has 4 aromatic rings. The van der Waals surface area contributed by atoms with Crippen molar-refractivity contribution in [3.05, 3.63) is 54.0 Å². The van der Waals surface area contributed by atoms with Crippen molar-refractivity contribution in [3.63, 3.8) is 0 Å². The largest absolute Gasteiger partial charge is 0.368 e. The van der Waals surface area contributed by atoms with Crippen molar-refractivity contribution in [1.82, 2.24) is 29.8 Å². The number of amides is 2. The van der Waals surface area contributed by atoms with Gasteiger partial charge >= 0.3 is 6.03 Å². The molecule has 0 fully saturated rings. The van der Waals surface area contributed by atoms with Crippen molar-refractivity contribution in [1.29, 1.82) is 0 Å². The lowest BCUT2D eigenvalue weighted by atomic mass is 10.2. The minimum Gasteiger partial charge on any atom is -0.368 e. The van der Waals surface area contributed by atoms with Gasteiger partial charge in [-0.1, -0.05) is 12.1 Å². The summed E-state index contributed by atoms with van der Waals surface area (Å²) in [5.41, 5.74) is 8.25. The number of aryl methyl sites for hydroxylation is 1. The van der Waals surface area contributed by atoms with E-state index in [0.29, 0.717) is 17.0 Å². The third kappa shape index (κ3) is 3.28. The van der Waals surface area contributed by atoms with Crippen LogP contribution in [-0.4, -0.2) is 35.8 Å². The number of hydrogen-bond donors (Lipinski definition) is 3. The smallest absolute Gasteiger partial charge is 0.326 e. The molecular formula is C17H14FN9O. The maximum Gasteiger partial charge on any atom is 0.326 e. The second-order valence-electron chi connectivity index (χ2n) is 5.89. The van der Waals surface area contributed by atoms with Crippen LogP contribution in [0.25, 0.3) is 17.0 Å². The number of nitrogens with zero attached hydrogens (tertiary/aromatic N) is 6. The van der Waals surface area contributed by atoms with Gasteiger partial charge in [-0.2, -0.15) is 0 Å². The van der Waals surface area contributed by atoms with Gasteiger partial charge in [0.2, 0.25) is 5.95 Å². The van der Waals surface area contributed by atoms with Gasteiger partial charge in [0.15, 0.2) is 5.65 Å². The summed E-state index contributed by atoms with van der Waals surface area (Å²) < 4.78 is 15.3. The third-order valence-electron chi connectivity index (χ3n) is 3.87. The molecule has 0 atom stereocenters. The SMILES string of the molecule is Cc1ccc(F)c(NC(=O)Nc2ncc(-c3cccc4nnc(N)n34)nn2)c1. The Balaban J connectivity index is 1.52. The van der Waals surface area contributed by atoms with Gasteiger partial charge in [-0.15, -0.1) is 20.4 Å². The van der Waals surface area contributed by atoms with Crippen LogP contribution in [0.5, 0.6) is 0 Å². The molecule has 0 aliphatic rings. The molecule has 0 unspecified atom stereocenters. The van der Waals surface area contributed by atoms with Crippen molar-refractivity contribution in [3.8, 4) is 11.4 Å². The minimum atomic E-state index is -0.691. The number of pyridine rings is 1. The van der Waals surface area contributed by atoms with Gasteiger partial charge in [0, 0.05) is 0 Å². The molecule has 0 saturated heterocycles. The molecule has 0 aliphatic carbocycles. The molecule has 4 N–H and O–H groups in total. The first-order chi connectivity index (χ1) is 13.5. The average molecular weight is 379 g/mol. The predicted molar refractivity (Wildman–Crippen MR) is 100.0 cm³/mol. The van der Waals surface area contributed by atoms with Crippen LogP contribution < -0.4 is 16.4 Å². The molecule has 0 aliphatic heterocycles. The molecular weight excluding hydrogens is 365 g/mol. The summed E-state index contributed by atoms with van der Waals surface area (Å²) >= 11 is 0. The van der Waals surface area contributed by atoms with Crippen LogP contribution in [0.1, 0.15) is 5.56 Å². The lowest BCUT2D eigenvalue weighted by molar-refractivity contribution is 0.262. The summed E-state index contributed by atoms with van der Waals surface area (Å²) in [6, 6.07) is 8.99. The van der Waals surface area contributed by atoms with E-state index in [1.165, 1.54) is 18.3 Å². The molecule has 2 amide bonds. The van der Waals surface area contributed by atoms with E-state index in [4.69, 9.17) is 5.73 Å². The van der Waals surface area contributed by atoms with E-state index in [9.17, 15) is 9.18 Å². The molecule has 3 aromatic heterocycles. The van der Waals surface area contributed by atoms with Gasteiger partial charge in [0.05, 0.1) is 17.6 Å². The molecule has 0 spiro atoms. The molecule has 140 valence electrons. The summed E-state index contributed by atoms with van der Waals surface area (Å²) in [6.45, 7) is 1.79. The molecule has 0 saturated carbocycles. The van der Waals surface area contributed by atoms with Crippen LogP contribution >= 0.6 is 0 Å². The molecule has 10 nitrogen and oxygen atoms in total. The first-order valence-electron chi connectivity index (χ1n) is 8.15. The molecule has 0 radical (unpaired) electrons. The Hall–Kier alpha value is -4.15. The van der Waals surface area contributed by atoms with Gasteiger partial charge < -0.3 is 11.1 Å². The van der Waals surface area contributed by atoms with Crippen LogP contribution in [-0.2, 0) is 0 Å². The first-order valence-corrected chi connectivity index (χ1v) is 8.15. The van der Waals surface area contributed by atoms with Crippen molar-refractivity contribution in [2.75, 3.05) is 16.4 Å². The Morgan fingerprint density at radius 1 is 1.11 bits per heavy atom. The number of nitrogens with two attached hydrogens (primary N) is 1. The Bertz CT molecular complexity index is 1170. The zero-order valence-electron chi connectivity index (χ0n) is 14.6. The standard InChI is InChI=1S/C17H14FN9O/c1-9-5-6-10(18)11(7-9)21-17(28)22-16-20-8-12(23-26-16)13-3-2-4-14-24-25-15(19)27(13)14/h2-8H,1H3,(H2,19,25)(H2,20,21,22,26,28). The van der Waals surface area contributed by atoms with E-state index in [-0.39, 0.29) is 17.6 Å². The van der Waals surface area contributed by atoms with E-state index in [2.05, 4.69) is 36.0 Å². The number of halogens is 1. The Morgan fingerprint density at radius 3 is 2.75 bits per heavy atom. The first kappa shape index (κ1) is 17.3. The normalized spacial score (nSPS) is 10.8. The van der Waals surface area contributed by atoms with Crippen LogP contribution in [0, 0.1) is 12.7 Å². The van der Waals surface area contributed by atoms with Gasteiger partial charge in [0.1, 0.15) is 11.5 Å². The number of urea groups is 1. The van der Waals surface area contributed by atoms with Crippen LogP contribution in [0.4, 0.5) is 26.8 Å². The highest BCUT2D eigenvalue weighted by atomic mass is 19.1. The minimum absolute atomic E-state index is 0.0433. The Kier molecular flexibility index (Phi) is 4.24. The summed E-state index contributed by atoms with van der Waals surface area (Å²) in [4.78, 5) is 16.1. The van der Waals surface area contributed by atoms with E-state index in [1.807, 2.05) is 0 Å². The number of nitrogens with one attached hydrogen (secondary N) is 2. The number of rotatable bonds is 3. The Morgan fingerprint density at radius 2 is 1.96 bits per heavy atom. The van der Waals surface area contributed by atoms with Crippen molar-refractivity contribution in [2.45, 2.75) is 6.92 Å². The van der Waals surface area contributed by atoms with Crippen LogP contribution in [0.3, 0.4) is 0 Å². The number of carbonyl (C=O) groups excluding carboxylic acids is 1. The fraction of sp³-hybridized carbons (Fsp3) is 0.0588. The van der Waals surface area contributed by atoms with E-state index in [0.717, 1.165) is 5.56 Å². The quantitative estimate of drug-likeness (QED) is 0.496. The Labute approximate surface area is 157 Å². The fourth-order valence-electron chi connectivity index (χ4n) is 2.60. The second-order valence-corrected chi connectivity index (χ2v) is 5.89. The highest BCUT2D eigenvalue weighted by Gasteiger charge is 2.12. The lowest BCUT2D eigenvalue weighted by Gasteiger charge is -2.08. The van der Waals surface area contributed by atoms with Gasteiger partial charge in [-0.25, -0.2) is 14.2 Å². The summed E-state index contributed by atoms with van der Waals surface area (Å²) in [6.07, 6.45) is 1.42. The zero-order valence-corrected chi connectivity index (χ0v) is 14.6. The number of anilines is 3. The van der Waals surface area contributed by atoms with Gasteiger partial charge in [-0.3, -0.25) is 9.72 Å². The molecule has 4 rings (SSSR count). The number of fused-ring (bicyclic) bond motifs is 1. The lowest BCUT2D eigenvalue weighted by Crippen LogP contribution is -2.22. The van der Waals surface area contributed by atoms with E-state index in [1.54, 1.807) is 35.6 Å². The molecule has 0 bridgehead atoms. The number of nitrogen functional groups attached to an aromatic ring is 1. The summed E-state index contributed by atoms with van der Waals surface area (Å²) in [5, 5.41) is 20.5. The number of carbonyl (C=O) groups is 1. The maximum absolute atomic E-state index is 13.7. The predicted octanol–water partition coefficient (Wildman–Crippen LogP) is 2.26. The van der Waals surface area contributed by atoms with Gasteiger partial charge in [0.25, 0.3) is 5.95 Å². The molecule has 3 heterocycles. The topological polar surface area (TPSA) is 136 Å². The summed E-state index contributed by atoms with van der Waals surface area (Å²) in [5.74, 6) is -0.387. The molecule has 1 aromatic carbocycles. The zero-order chi connectivity index (χ0) is 19.7. The van der Waals surface area contributed by atoms with Crippen LogP contribution in [0.15, 0.2) is 42.6 Å². The third-order valence-corrected chi connectivity index (χ3v) is 3.87. The van der Waals surface area contributed by atoms with Crippen molar-refractivity contribution in [2.24, 2.45) is 0 Å². The highest BCUT2D eigenvalue weighted by Crippen LogP contribution is 2.20. The van der Waals surface area contributed by atoms with Crippen molar-refractivity contribution >= 4 is 29.3 Å². The fourth-order valence-corrected chi connectivity index (χ4v) is 2.60. The summed E-state index contributed by atoms with van der Waals surface area (Å²) in [7, 11) is 0. The van der Waals surface area contributed by atoms with Gasteiger partial charge in [-0.05, 0) is 36.8 Å². The average Bonchev–Trinajstić information content (AvgIpc) is 3.07. The molecule has 11 heteroatoms.